The van der Waals surface area contributed by atoms with E-state index < -0.39 is 11.9 Å². The zero-order valence-corrected chi connectivity index (χ0v) is 16.0. The Morgan fingerprint density at radius 1 is 0.926 bits per heavy atom. The average Bonchev–Trinajstić information content (AvgIpc) is 3.33. The highest BCUT2D eigenvalue weighted by Crippen LogP contribution is 2.62. The van der Waals surface area contributed by atoms with Crippen LogP contribution in [-0.4, -0.2) is 38.2 Å². The molecule has 0 aromatic carbocycles. The minimum Gasteiger partial charge on any atom is -0.466 e. The molecule has 0 aliphatic heterocycles. The highest BCUT2D eigenvalue weighted by atomic mass is 16.5. The van der Waals surface area contributed by atoms with E-state index in [2.05, 4.69) is 11.3 Å². The number of fused-ring (bicyclic) bond motifs is 5. The van der Waals surface area contributed by atoms with E-state index in [0.29, 0.717) is 54.3 Å². The summed E-state index contributed by atoms with van der Waals surface area (Å²) in [7, 11) is 1.26. The molecule has 6 nitrogen and oxygen atoms in total. The molecule has 6 heteroatoms. The Kier molecular flexibility index (Phi) is 6.02. The van der Waals surface area contributed by atoms with Gasteiger partial charge in [0.2, 0.25) is 0 Å². The first kappa shape index (κ1) is 19.6. The molecule has 3 rings (SSSR count). The summed E-state index contributed by atoms with van der Waals surface area (Å²) < 4.78 is 15.1. The van der Waals surface area contributed by atoms with Gasteiger partial charge in [-0.25, -0.2) is 14.4 Å². The Labute approximate surface area is 159 Å². The number of hydrogen-bond acceptors (Lipinski definition) is 6. The van der Waals surface area contributed by atoms with Crippen LogP contribution in [0.3, 0.4) is 0 Å². The van der Waals surface area contributed by atoms with Gasteiger partial charge >= 0.3 is 17.9 Å². The van der Waals surface area contributed by atoms with Gasteiger partial charge in [-0.2, -0.15) is 0 Å². The van der Waals surface area contributed by atoms with E-state index in [1.807, 2.05) is 0 Å². The van der Waals surface area contributed by atoms with Crippen molar-refractivity contribution in [3.05, 3.63) is 24.3 Å². The standard InChI is InChI=1S/C21H28O6/c1-12(2)21(24)27-11-15-8-14-9-17(15)18-7-13(6-16(14)18)10-26-20(23)5-4-19(22)25-3/h4-5,13-18H,1,6-11H2,2-3H3/b5-4+. The van der Waals surface area contributed by atoms with Gasteiger partial charge in [0.25, 0.3) is 0 Å². The number of rotatable bonds is 7. The van der Waals surface area contributed by atoms with Gasteiger partial charge < -0.3 is 14.2 Å². The van der Waals surface area contributed by atoms with Crippen molar-refractivity contribution < 1.29 is 28.6 Å². The number of methoxy groups -OCH3 is 1. The van der Waals surface area contributed by atoms with E-state index >= 15 is 0 Å². The van der Waals surface area contributed by atoms with Crippen LogP contribution in [-0.2, 0) is 28.6 Å². The summed E-state index contributed by atoms with van der Waals surface area (Å²) in [6.45, 7) is 6.19. The predicted molar refractivity (Wildman–Crippen MR) is 97.3 cm³/mol. The molecule has 0 aromatic heterocycles. The van der Waals surface area contributed by atoms with Crippen LogP contribution in [0.5, 0.6) is 0 Å². The van der Waals surface area contributed by atoms with Crippen molar-refractivity contribution in [3.8, 4) is 0 Å². The third-order valence-corrected chi connectivity index (χ3v) is 6.50. The van der Waals surface area contributed by atoms with Gasteiger partial charge in [-0.1, -0.05) is 6.58 Å². The normalized spacial score (nSPS) is 33.7. The Bertz CT molecular complexity index is 651. The quantitative estimate of drug-likeness (QED) is 0.386. The molecule has 0 heterocycles. The highest BCUT2D eigenvalue weighted by molar-refractivity contribution is 5.91. The minimum atomic E-state index is -0.572. The molecular weight excluding hydrogens is 348 g/mol. The van der Waals surface area contributed by atoms with E-state index in [-0.39, 0.29) is 5.97 Å². The predicted octanol–water partition coefficient (Wildman–Crippen LogP) is 2.68. The Hall–Kier alpha value is -2.11. The molecule has 3 fully saturated rings. The fourth-order valence-electron chi connectivity index (χ4n) is 5.41. The summed E-state index contributed by atoms with van der Waals surface area (Å²) in [4.78, 5) is 34.3. The van der Waals surface area contributed by atoms with Crippen LogP contribution in [0.1, 0.15) is 32.6 Å². The summed E-state index contributed by atoms with van der Waals surface area (Å²) >= 11 is 0. The first-order valence-electron chi connectivity index (χ1n) is 9.64. The number of esters is 3. The first-order valence-corrected chi connectivity index (χ1v) is 9.64. The van der Waals surface area contributed by atoms with Crippen molar-refractivity contribution >= 4 is 17.9 Å². The van der Waals surface area contributed by atoms with Crippen molar-refractivity contribution in [3.63, 3.8) is 0 Å². The summed E-state index contributed by atoms with van der Waals surface area (Å²) in [5.41, 5.74) is 0.444. The second kappa shape index (κ2) is 8.28. The molecule has 3 saturated carbocycles. The van der Waals surface area contributed by atoms with Gasteiger partial charge in [0, 0.05) is 17.7 Å². The fraction of sp³-hybridized carbons (Fsp3) is 0.667. The van der Waals surface area contributed by atoms with Gasteiger partial charge in [0.1, 0.15) is 0 Å². The number of hydrogen-bond donors (Lipinski definition) is 0. The van der Waals surface area contributed by atoms with Crippen LogP contribution in [0.15, 0.2) is 24.3 Å². The molecule has 6 unspecified atom stereocenters. The fourth-order valence-corrected chi connectivity index (χ4v) is 5.41. The summed E-state index contributed by atoms with van der Waals surface area (Å²) in [6.07, 6.45) is 6.70. The maximum atomic E-state index is 11.7. The molecule has 0 N–H and O–H groups in total. The van der Waals surface area contributed by atoms with Crippen molar-refractivity contribution in [1.82, 2.24) is 0 Å². The molecule has 3 aliphatic rings. The Morgan fingerprint density at radius 2 is 1.63 bits per heavy atom. The average molecular weight is 376 g/mol. The van der Waals surface area contributed by atoms with Crippen molar-refractivity contribution in [2.45, 2.75) is 32.6 Å². The third kappa shape index (κ3) is 4.42. The van der Waals surface area contributed by atoms with Crippen LogP contribution in [0.25, 0.3) is 0 Å². The van der Waals surface area contributed by atoms with E-state index in [9.17, 15) is 14.4 Å². The van der Waals surface area contributed by atoms with E-state index in [1.54, 1.807) is 6.92 Å². The molecule has 0 radical (unpaired) electrons. The second-order valence-electron chi connectivity index (χ2n) is 8.19. The van der Waals surface area contributed by atoms with Gasteiger partial charge in [-0.15, -0.1) is 0 Å². The molecule has 27 heavy (non-hydrogen) atoms. The van der Waals surface area contributed by atoms with Gasteiger partial charge in [-0.05, 0) is 68.1 Å². The lowest BCUT2D eigenvalue weighted by atomic mass is 9.76. The molecule has 6 atom stereocenters. The first-order chi connectivity index (χ1) is 12.9. The molecule has 0 amide bonds. The van der Waals surface area contributed by atoms with E-state index in [0.717, 1.165) is 31.4 Å². The van der Waals surface area contributed by atoms with Gasteiger partial charge in [0.15, 0.2) is 0 Å². The summed E-state index contributed by atoms with van der Waals surface area (Å²) in [5.74, 6) is 2.10. The zero-order chi connectivity index (χ0) is 19.6. The van der Waals surface area contributed by atoms with Crippen molar-refractivity contribution in [2.24, 2.45) is 35.5 Å². The maximum absolute atomic E-state index is 11.7. The lowest BCUT2D eigenvalue weighted by Gasteiger charge is -2.31. The molecule has 0 saturated heterocycles. The molecule has 3 aliphatic carbocycles. The lowest BCUT2D eigenvalue weighted by molar-refractivity contribution is -0.141. The lowest BCUT2D eigenvalue weighted by Crippen LogP contribution is -2.28. The van der Waals surface area contributed by atoms with E-state index in [4.69, 9.17) is 9.47 Å². The van der Waals surface area contributed by atoms with Crippen LogP contribution in [0.2, 0.25) is 0 Å². The van der Waals surface area contributed by atoms with Gasteiger partial charge in [0.05, 0.1) is 20.3 Å². The largest absolute Gasteiger partial charge is 0.466 e. The number of carbonyl (C=O) groups excluding carboxylic acids is 3. The van der Waals surface area contributed by atoms with Crippen LogP contribution >= 0.6 is 0 Å². The second-order valence-corrected chi connectivity index (χ2v) is 8.19. The molecule has 0 aromatic rings. The SMILES string of the molecule is C=C(C)C(=O)OCC1CC2CC1C1CC(COC(=O)/C=C/C(=O)OC)CC21. The van der Waals surface area contributed by atoms with Crippen LogP contribution < -0.4 is 0 Å². The summed E-state index contributed by atoms with van der Waals surface area (Å²) in [5, 5.41) is 0. The van der Waals surface area contributed by atoms with Crippen LogP contribution in [0.4, 0.5) is 0 Å². The topological polar surface area (TPSA) is 78.9 Å². The minimum absolute atomic E-state index is 0.300. The third-order valence-electron chi connectivity index (χ3n) is 6.50. The summed E-state index contributed by atoms with van der Waals surface area (Å²) in [6, 6.07) is 0. The maximum Gasteiger partial charge on any atom is 0.333 e. The van der Waals surface area contributed by atoms with Crippen molar-refractivity contribution in [1.29, 1.82) is 0 Å². The highest BCUT2D eigenvalue weighted by Gasteiger charge is 2.56. The Balaban J connectivity index is 1.45. The molecule has 0 spiro atoms. The Morgan fingerprint density at radius 3 is 2.33 bits per heavy atom. The molecule has 2 bridgehead atoms. The van der Waals surface area contributed by atoms with Crippen molar-refractivity contribution in [2.75, 3.05) is 20.3 Å². The monoisotopic (exact) mass is 376 g/mol. The molecule has 148 valence electrons. The number of ether oxygens (including phenoxy) is 3. The van der Waals surface area contributed by atoms with Crippen LogP contribution in [0, 0.1) is 35.5 Å². The van der Waals surface area contributed by atoms with Gasteiger partial charge in [-0.3, -0.25) is 0 Å². The smallest absolute Gasteiger partial charge is 0.333 e. The number of carbonyl (C=O) groups is 3. The zero-order valence-electron chi connectivity index (χ0n) is 16.0. The molecular formula is C21H28O6. The van der Waals surface area contributed by atoms with E-state index in [1.165, 1.54) is 13.5 Å².